The van der Waals surface area contributed by atoms with Gasteiger partial charge in [-0.15, -0.1) is 21.9 Å². The summed E-state index contributed by atoms with van der Waals surface area (Å²) in [6, 6.07) is 0. The molecule has 0 aromatic rings. The monoisotopic (exact) mass is 687 g/mol. The van der Waals surface area contributed by atoms with E-state index in [1.807, 2.05) is 0 Å². The Morgan fingerprint density at radius 3 is 2.28 bits per heavy atom. The normalized spacial score (nSPS) is 40.9. The molecule has 0 aromatic carbocycles. The van der Waals surface area contributed by atoms with Crippen LogP contribution >= 0.6 is 23.5 Å². The van der Waals surface area contributed by atoms with Gasteiger partial charge in [0.15, 0.2) is 5.72 Å². The molecule has 0 bridgehead atoms. The average molecular weight is 688 g/mol. The van der Waals surface area contributed by atoms with E-state index in [0.29, 0.717) is 10.6 Å². The fourth-order valence-corrected chi connectivity index (χ4v) is 12.3. The predicted molar refractivity (Wildman–Crippen MR) is 192 cm³/mol. The lowest BCUT2D eigenvalue weighted by Crippen LogP contribution is -2.71. The number of likely N-dealkylation sites (tertiary alicyclic amines) is 1. The van der Waals surface area contributed by atoms with Crippen LogP contribution in [0.1, 0.15) is 135 Å². The minimum Gasteiger partial charge on any atom is -0.385 e. The molecule has 0 amide bonds. The number of rotatable bonds is 8. The minimum atomic E-state index is -0.388. The van der Waals surface area contributed by atoms with Crippen molar-refractivity contribution in [1.82, 2.24) is 15.0 Å². The standard InChI is InChI=1S/C38H61N3O4S2/c1-2-16-29-34(37-21-10-7-13-24-40(37)45-37)35(30-17-8-5-14-25-42-30)38(31-19-26-43-31,32-18-9-6-15-27-46-32)41(33-20-28-47-33)44-36(29)39-22-11-3-4-12-23-39/h30-33H,2-28H2,1H3. The molecule has 264 valence electrons. The van der Waals surface area contributed by atoms with Crippen LogP contribution in [0.3, 0.4) is 0 Å². The third kappa shape index (κ3) is 6.26. The summed E-state index contributed by atoms with van der Waals surface area (Å²) in [4.78, 5) is 17.6. The molecule has 0 aliphatic carbocycles. The van der Waals surface area contributed by atoms with Crippen molar-refractivity contribution in [3.63, 3.8) is 0 Å². The molecule has 0 spiro atoms. The topological polar surface area (TPSA) is 49.7 Å². The summed E-state index contributed by atoms with van der Waals surface area (Å²) < 4.78 is 14.1. The third-order valence-corrected chi connectivity index (χ3v) is 15.2. The van der Waals surface area contributed by atoms with Gasteiger partial charge in [-0.05, 0) is 94.1 Å². The first-order valence-electron chi connectivity index (χ1n) is 19.9. The van der Waals surface area contributed by atoms with Crippen LogP contribution in [-0.4, -0.2) is 93.5 Å². The van der Waals surface area contributed by atoms with Crippen molar-refractivity contribution >= 4 is 23.5 Å². The van der Waals surface area contributed by atoms with Crippen molar-refractivity contribution in [3.8, 4) is 0 Å². The summed E-state index contributed by atoms with van der Waals surface area (Å²) in [6.07, 6.45) is 24.3. The predicted octanol–water partition coefficient (Wildman–Crippen LogP) is 8.56. The van der Waals surface area contributed by atoms with Crippen molar-refractivity contribution in [2.24, 2.45) is 0 Å². The van der Waals surface area contributed by atoms with Gasteiger partial charge in [-0.25, -0.2) is 0 Å². The summed E-state index contributed by atoms with van der Waals surface area (Å²) in [5, 5.41) is 5.76. The number of fused-ring (bicyclic) bond motifs is 1. The lowest BCUT2D eigenvalue weighted by molar-refractivity contribution is -0.261. The van der Waals surface area contributed by atoms with Crippen molar-refractivity contribution < 1.29 is 19.1 Å². The van der Waals surface area contributed by atoms with Gasteiger partial charge >= 0.3 is 0 Å². The number of thioether (sulfide) groups is 2. The van der Waals surface area contributed by atoms with Crippen LogP contribution in [0, 0.1) is 0 Å². The first-order chi connectivity index (χ1) is 23.3. The summed E-state index contributed by atoms with van der Waals surface area (Å²) in [6.45, 7) is 7.26. The molecule has 0 N–H and O–H groups in total. The van der Waals surface area contributed by atoms with E-state index in [-0.39, 0.29) is 23.5 Å². The molecule has 8 rings (SSSR count). The van der Waals surface area contributed by atoms with Gasteiger partial charge in [-0.3, -0.25) is 4.84 Å². The first-order valence-corrected chi connectivity index (χ1v) is 22.0. The maximum absolute atomic E-state index is 7.86. The molecule has 8 aliphatic rings. The Kier molecular flexibility index (Phi) is 10.8. The Hall–Kier alpha value is -0.420. The molecule has 0 radical (unpaired) electrons. The molecule has 47 heavy (non-hydrogen) atoms. The Bertz CT molecular complexity index is 1140. The van der Waals surface area contributed by atoms with Crippen LogP contribution in [0.2, 0.25) is 0 Å². The number of hydroxylamine groups is 4. The molecule has 7 unspecified atom stereocenters. The molecular weight excluding hydrogens is 627 g/mol. The van der Waals surface area contributed by atoms with Gasteiger partial charge in [0.1, 0.15) is 5.54 Å². The Morgan fingerprint density at radius 1 is 0.745 bits per heavy atom. The highest BCUT2D eigenvalue weighted by molar-refractivity contribution is 8.01. The highest BCUT2D eigenvalue weighted by Crippen LogP contribution is 2.61. The van der Waals surface area contributed by atoms with Gasteiger partial charge in [0.2, 0.25) is 5.88 Å². The summed E-state index contributed by atoms with van der Waals surface area (Å²) in [7, 11) is 0. The SMILES string of the molecule is CCCC1=C(N2CCCCCC2)ON(C2CCS2)C(C2CCO2)(C2CCCCCS2)C(C2CCCCCO2)=C1C12CCCCCN1O2. The Balaban J connectivity index is 1.44. The summed E-state index contributed by atoms with van der Waals surface area (Å²) in [5.74, 6) is 3.60. The fraction of sp³-hybridized carbons (Fsp3) is 0.895. The molecule has 7 atom stereocenters. The zero-order valence-corrected chi connectivity index (χ0v) is 30.8. The van der Waals surface area contributed by atoms with Crippen LogP contribution < -0.4 is 0 Å². The number of hydrogen-bond donors (Lipinski definition) is 0. The lowest BCUT2D eigenvalue weighted by atomic mass is 9.68. The van der Waals surface area contributed by atoms with Crippen LogP contribution in [0.15, 0.2) is 22.6 Å². The number of nitrogens with zero attached hydrogens (tertiary/aromatic N) is 3. The lowest BCUT2D eigenvalue weighted by Gasteiger charge is -2.58. The van der Waals surface area contributed by atoms with Gasteiger partial charge < -0.3 is 19.2 Å². The smallest absolute Gasteiger partial charge is 0.218 e. The second-order valence-corrected chi connectivity index (χ2v) is 18.0. The van der Waals surface area contributed by atoms with E-state index in [9.17, 15) is 0 Å². The zero-order chi connectivity index (χ0) is 31.7. The van der Waals surface area contributed by atoms with E-state index in [2.05, 4.69) is 45.5 Å². The Labute approximate surface area is 293 Å². The van der Waals surface area contributed by atoms with Crippen molar-refractivity contribution in [2.45, 2.75) is 169 Å². The van der Waals surface area contributed by atoms with E-state index in [1.54, 1.807) is 0 Å². The number of ether oxygens (including phenoxy) is 2. The minimum absolute atomic E-state index is 0.0655. The molecular formula is C38H61N3O4S2. The molecule has 0 aromatic heterocycles. The van der Waals surface area contributed by atoms with Gasteiger partial charge in [0.05, 0.1) is 17.6 Å². The van der Waals surface area contributed by atoms with Crippen molar-refractivity contribution in [2.75, 3.05) is 44.4 Å². The molecule has 8 heterocycles. The highest BCUT2D eigenvalue weighted by Gasteiger charge is 2.68. The maximum atomic E-state index is 7.86. The summed E-state index contributed by atoms with van der Waals surface area (Å²) in [5.41, 5.74) is 3.70. The fourth-order valence-electron chi connectivity index (χ4n) is 9.87. The number of hydrogen-bond acceptors (Lipinski definition) is 9. The van der Waals surface area contributed by atoms with Crippen LogP contribution in [-0.2, 0) is 19.1 Å². The van der Waals surface area contributed by atoms with Crippen molar-refractivity contribution in [1.29, 1.82) is 0 Å². The Morgan fingerprint density at radius 2 is 1.51 bits per heavy atom. The second kappa shape index (κ2) is 15.1. The zero-order valence-electron chi connectivity index (χ0n) is 29.2. The molecule has 7 fully saturated rings. The molecule has 8 aliphatic heterocycles. The van der Waals surface area contributed by atoms with Crippen LogP contribution in [0.4, 0.5) is 0 Å². The largest absolute Gasteiger partial charge is 0.385 e. The van der Waals surface area contributed by atoms with Gasteiger partial charge in [-0.2, -0.15) is 11.8 Å². The van der Waals surface area contributed by atoms with Crippen LogP contribution in [0.5, 0.6) is 0 Å². The van der Waals surface area contributed by atoms with E-state index >= 15 is 0 Å². The highest BCUT2D eigenvalue weighted by atomic mass is 32.2. The summed E-state index contributed by atoms with van der Waals surface area (Å²) >= 11 is 4.34. The second-order valence-electron chi connectivity index (χ2n) is 15.4. The van der Waals surface area contributed by atoms with Gasteiger partial charge in [0.25, 0.3) is 0 Å². The van der Waals surface area contributed by atoms with Gasteiger partial charge in [0, 0.05) is 49.2 Å². The van der Waals surface area contributed by atoms with E-state index in [0.717, 1.165) is 77.3 Å². The van der Waals surface area contributed by atoms with Crippen LogP contribution in [0.25, 0.3) is 0 Å². The van der Waals surface area contributed by atoms with Gasteiger partial charge in [-0.1, -0.05) is 58.3 Å². The molecule has 7 nitrogen and oxygen atoms in total. The average Bonchev–Trinajstić information content (AvgIpc) is 3.85. The van der Waals surface area contributed by atoms with E-state index in [4.69, 9.17) is 19.1 Å². The van der Waals surface area contributed by atoms with E-state index < -0.39 is 0 Å². The molecule has 0 saturated carbocycles. The first kappa shape index (κ1) is 33.7. The third-order valence-electron chi connectivity index (χ3n) is 12.4. The molecule has 9 heteroatoms. The maximum Gasteiger partial charge on any atom is 0.218 e. The quantitative estimate of drug-likeness (QED) is 0.234. The molecule has 7 saturated heterocycles. The van der Waals surface area contributed by atoms with E-state index in [1.165, 1.54) is 118 Å². The van der Waals surface area contributed by atoms with Crippen molar-refractivity contribution in [3.05, 3.63) is 22.6 Å².